The molecule has 1 aromatic carbocycles. The first-order valence-electron chi connectivity index (χ1n) is 10.6. The van der Waals surface area contributed by atoms with Gasteiger partial charge in [-0.15, -0.1) is 10.2 Å². The van der Waals surface area contributed by atoms with Gasteiger partial charge in [0.1, 0.15) is 18.5 Å². The lowest BCUT2D eigenvalue weighted by molar-refractivity contribution is -0.135. The number of hydrazine groups is 1. The fraction of sp³-hybridized carbons (Fsp3) is 0.474. The molecule has 2 aromatic rings. The molecule has 0 unspecified atom stereocenters. The Hall–Kier alpha value is -3.95. The van der Waals surface area contributed by atoms with Gasteiger partial charge in [-0.05, 0) is 23.4 Å². The minimum atomic E-state index is -3.17. The zero-order valence-corrected chi connectivity index (χ0v) is 18.3. The molecular weight excluding hydrogens is 475 g/mol. The molecule has 0 radical (unpaired) electrons. The lowest BCUT2D eigenvalue weighted by atomic mass is 10.2. The molecule has 2 N–H and O–H groups in total. The molecule has 0 bridgehead atoms. The lowest BCUT2D eigenvalue weighted by Gasteiger charge is -2.24. The summed E-state index contributed by atoms with van der Waals surface area (Å²) in [5.41, 5.74) is 3.50. The van der Waals surface area contributed by atoms with Crippen LogP contribution in [0.4, 0.5) is 29.3 Å². The van der Waals surface area contributed by atoms with Crippen molar-refractivity contribution in [1.82, 2.24) is 36.0 Å². The highest BCUT2D eigenvalue weighted by Gasteiger charge is 2.33. The molecule has 3 heterocycles. The van der Waals surface area contributed by atoms with Crippen LogP contribution in [0, 0.1) is 5.82 Å². The maximum Gasteiger partial charge on any atom is 0.414 e. The van der Waals surface area contributed by atoms with E-state index in [0.29, 0.717) is 19.6 Å². The molecule has 3 amide bonds. The largest absolute Gasteiger partial charge is 0.442 e. The minimum absolute atomic E-state index is 0.0352. The molecule has 13 nitrogen and oxygen atoms in total. The van der Waals surface area contributed by atoms with Gasteiger partial charge in [0.15, 0.2) is 6.33 Å². The van der Waals surface area contributed by atoms with E-state index in [0.717, 1.165) is 9.70 Å². The second-order valence-corrected chi connectivity index (χ2v) is 7.70. The molecule has 1 aromatic heterocycles. The second kappa shape index (κ2) is 10.5. The number of alkyl halides is 2. The Kier molecular flexibility index (Phi) is 7.28. The number of amides is 3. The van der Waals surface area contributed by atoms with Crippen molar-refractivity contribution in [2.24, 2.45) is 0 Å². The van der Waals surface area contributed by atoms with Crippen LogP contribution < -0.4 is 20.5 Å². The molecule has 188 valence electrons. The Labute approximate surface area is 196 Å². The van der Waals surface area contributed by atoms with Crippen LogP contribution in [0.25, 0.3) is 0 Å². The van der Waals surface area contributed by atoms with E-state index in [9.17, 15) is 23.2 Å². The number of rotatable bonds is 7. The van der Waals surface area contributed by atoms with E-state index < -0.39 is 30.3 Å². The summed E-state index contributed by atoms with van der Waals surface area (Å²) in [5.74, 6) is -2.32. The van der Waals surface area contributed by atoms with Crippen LogP contribution in [0.3, 0.4) is 0 Å². The highest BCUT2D eigenvalue weighted by atomic mass is 19.3. The summed E-state index contributed by atoms with van der Waals surface area (Å²) in [4.78, 5) is 39.7. The van der Waals surface area contributed by atoms with Gasteiger partial charge < -0.3 is 15.0 Å². The fourth-order valence-electron chi connectivity index (χ4n) is 3.70. The number of ether oxygens (including phenoxy) is 1. The molecule has 0 spiro atoms. The van der Waals surface area contributed by atoms with E-state index in [4.69, 9.17) is 4.74 Å². The Bertz CT molecular complexity index is 1070. The van der Waals surface area contributed by atoms with Crippen LogP contribution in [-0.2, 0) is 20.9 Å². The molecule has 4 rings (SSSR count). The summed E-state index contributed by atoms with van der Waals surface area (Å²) >= 11 is 0. The number of benzene rings is 1. The first-order valence-corrected chi connectivity index (χ1v) is 10.6. The average molecular weight is 497 g/mol. The number of halogens is 3. The Morgan fingerprint density at radius 1 is 1.26 bits per heavy atom. The number of carbonyl (C=O) groups excluding carboxylic acids is 3. The Balaban J connectivity index is 1.35. The molecule has 1 atom stereocenters. The van der Waals surface area contributed by atoms with Crippen molar-refractivity contribution in [2.45, 2.75) is 19.1 Å². The average Bonchev–Trinajstić information content (AvgIpc) is 3.39. The van der Waals surface area contributed by atoms with Gasteiger partial charge in [0.2, 0.25) is 0 Å². The maximum atomic E-state index is 15.0. The van der Waals surface area contributed by atoms with Crippen molar-refractivity contribution in [2.75, 3.05) is 49.1 Å². The molecule has 0 aliphatic carbocycles. The SMILES string of the molecule is O=C(NC[C@H]1CN(c2ccc(N3CCNN(C(=O)Cn4ncnn4)CC3)c(F)c2)C(=O)O1)C(F)F. The van der Waals surface area contributed by atoms with Crippen molar-refractivity contribution >= 4 is 29.3 Å². The number of hydrogen-bond acceptors (Lipinski definition) is 9. The molecule has 2 aliphatic heterocycles. The highest BCUT2D eigenvalue weighted by molar-refractivity contribution is 5.90. The predicted molar refractivity (Wildman–Crippen MR) is 113 cm³/mol. The highest BCUT2D eigenvalue weighted by Crippen LogP contribution is 2.28. The first kappa shape index (κ1) is 24.2. The van der Waals surface area contributed by atoms with Gasteiger partial charge in [0.05, 0.1) is 31.0 Å². The van der Waals surface area contributed by atoms with E-state index in [1.54, 1.807) is 4.90 Å². The molecule has 2 fully saturated rings. The van der Waals surface area contributed by atoms with Gasteiger partial charge in [-0.25, -0.2) is 14.6 Å². The quantitative estimate of drug-likeness (QED) is 0.512. The summed E-state index contributed by atoms with van der Waals surface area (Å²) in [7, 11) is 0. The van der Waals surface area contributed by atoms with Crippen LogP contribution in [0.5, 0.6) is 0 Å². The van der Waals surface area contributed by atoms with Crippen molar-refractivity contribution in [3.8, 4) is 0 Å². The number of cyclic esters (lactones) is 1. The van der Waals surface area contributed by atoms with E-state index in [-0.39, 0.29) is 43.5 Å². The van der Waals surface area contributed by atoms with Crippen LogP contribution in [-0.4, -0.2) is 94.9 Å². The Morgan fingerprint density at radius 3 is 2.80 bits per heavy atom. The smallest absolute Gasteiger partial charge is 0.414 e. The maximum absolute atomic E-state index is 15.0. The van der Waals surface area contributed by atoms with E-state index in [2.05, 4.69) is 20.8 Å². The first-order chi connectivity index (χ1) is 16.8. The predicted octanol–water partition coefficient (Wildman–Crippen LogP) is -0.628. The Morgan fingerprint density at radius 2 is 2.09 bits per heavy atom. The lowest BCUT2D eigenvalue weighted by Crippen LogP contribution is -2.45. The number of carbonyl (C=O) groups is 3. The van der Waals surface area contributed by atoms with Gasteiger partial charge in [-0.3, -0.25) is 19.5 Å². The number of nitrogens with zero attached hydrogens (tertiary/aromatic N) is 7. The van der Waals surface area contributed by atoms with Crippen LogP contribution in [0.2, 0.25) is 0 Å². The topological polar surface area (TPSA) is 138 Å². The van der Waals surface area contributed by atoms with Crippen LogP contribution >= 0.6 is 0 Å². The number of hydrogen-bond donors (Lipinski definition) is 2. The van der Waals surface area contributed by atoms with Crippen molar-refractivity contribution in [3.63, 3.8) is 0 Å². The van der Waals surface area contributed by atoms with Crippen molar-refractivity contribution < 1.29 is 32.3 Å². The zero-order chi connectivity index (χ0) is 24.9. The standard InChI is InChI=1S/C19H22F3N9O4/c20-14-7-12(29-9-13(35-19(29)34)8-23-18(33)17(21)22)1-2-15(14)28-4-3-25-30(6-5-28)16(32)10-31-26-11-24-27-31/h1-2,7,11,13,17,25H,3-6,8-10H2,(H,23,33)/t13-/m0/s1. The minimum Gasteiger partial charge on any atom is -0.442 e. The number of anilines is 2. The number of tetrazole rings is 1. The summed E-state index contributed by atoms with van der Waals surface area (Å²) in [6.45, 7) is 1.01. The molecule has 0 saturated carbocycles. The molecule has 35 heavy (non-hydrogen) atoms. The third-order valence-corrected chi connectivity index (χ3v) is 5.41. The summed E-state index contributed by atoms with van der Waals surface area (Å²) in [6, 6.07) is 4.23. The van der Waals surface area contributed by atoms with Gasteiger partial charge >= 0.3 is 12.5 Å². The molecule has 16 heteroatoms. The monoisotopic (exact) mass is 497 g/mol. The van der Waals surface area contributed by atoms with Gasteiger partial charge in [-0.2, -0.15) is 13.6 Å². The van der Waals surface area contributed by atoms with E-state index >= 15 is 4.39 Å². The number of aromatic nitrogens is 4. The third kappa shape index (κ3) is 5.76. The normalized spacial score (nSPS) is 18.6. The summed E-state index contributed by atoms with van der Waals surface area (Å²) < 4.78 is 44.7. The van der Waals surface area contributed by atoms with Gasteiger partial charge in [0.25, 0.3) is 11.8 Å². The zero-order valence-electron chi connectivity index (χ0n) is 18.3. The van der Waals surface area contributed by atoms with Crippen molar-refractivity contribution in [1.29, 1.82) is 0 Å². The molecule has 2 aliphatic rings. The van der Waals surface area contributed by atoms with Gasteiger partial charge in [-0.1, -0.05) is 0 Å². The number of nitrogens with one attached hydrogen (secondary N) is 2. The molecule has 2 saturated heterocycles. The van der Waals surface area contributed by atoms with E-state index in [1.807, 2.05) is 5.32 Å². The third-order valence-electron chi connectivity index (χ3n) is 5.41. The van der Waals surface area contributed by atoms with Crippen LogP contribution in [0.1, 0.15) is 0 Å². The molecular formula is C19H22F3N9O4. The van der Waals surface area contributed by atoms with Gasteiger partial charge in [0, 0.05) is 19.6 Å². The summed E-state index contributed by atoms with van der Waals surface area (Å²) in [5, 5.41) is 14.4. The fourth-order valence-corrected chi connectivity index (χ4v) is 3.70. The second-order valence-electron chi connectivity index (χ2n) is 7.70. The van der Waals surface area contributed by atoms with Crippen LogP contribution in [0.15, 0.2) is 24.5 Å². The van der Waals surface area contributed by atoms with Crippen molar-refractivity contribution in [3.05, 3.63) is 30.3 Å². The van der Waals surface area contributed by atoms with E-state index in [1.165, 1.54) is 29.5 Å². The summed E-state index contributed by atoms with van der Waals surface area (Å²) in [6.07, 6.45) is -3.57.